The highest BCUT2D eigenvalue weighted by Gasteiger charge is 2.20. The molecular weight excluding hydrogens is 576 g/mol. The van der Waals surface area contributed by atoms with Gasteiger partial charge in [-0.05, 0) is 95.1 Å². The number of para-hydroxylation sites is 3. The molecule has 0 N–H and O–H groups in total. The van der Waals surface area contributed by atoms with Crippen molar-refractivity contribution in [2.45, 2.75) is 0 Å². The Hall–Kier alpha value is -6.57. The zero-order valence-corrected chi connectivity index (χ0v) is 25.1. The Kier molecular flexibility index (Phi) is 5.32. The van der Waals surface area contributed by atoms with Crippen molar-refractivity contribution in [1.82, 2.24) is 4.57 Å². The van der Waals surface area contributed by atoms with Crippen LogP contribution in [0.15, 0.2) is 154 Å². The minimum absolute atomic E-state index is 0.630. The molecule has 4 heteroatoms. The quantitative estimate of drug-likeness (QED) is 0.203. The highest BCUT2D eigenvalue weighted by molar-refractivity contribution is 6.23. The highest BCUT2D eigenvalue weighted by atomic mass is 16.3. The topological polar surface area (TPSA) is 55.0 Å². The van der Waals surface area contributed by atoms with E-state index >= 15 is 0 Å². The lowest BCUT2D eigenvalue weighted by molar-refractivity contribution is 0.669. The van der Waals surface area contributed by atoms with E-state index in [1.54, 1.807) is 0 Å². The van der Waals surface area contributed by atoms with Gasteiger partial charge < -0.3 is 13.4 Å². The van der Waals surface area contributed by atoms with Crippen molar-refractivity contribution >= 4 is 65.7 Å². The number of nitrogens with zero attached hydrogens (tertiary/aromatic N) is 2. The molecule has 0 aliphatic carbocycles. The first kappa shape index (κ1) is 25.7. The maximum Gasteiger partial charge on any atom is 0.145 e. The predicted octanol–water partition coefficient (Wildman–Crippen LogP) is 11.8. The lowest BCUT2D eigenvalue weighted by atomic mass is 9.96. The van der Waals surface area contributed by atoms with Gasteiger partial charge in [-0.1, -0.05) is 72.8 Å². The Balaban J connectivity index is 1.28. The molecule has 7 aromatic carbocycles. The maximum atomic E-state index is 9.72. The average Bonchev–Trinajstić information content (AvgIpc) is 3.80. The fraction of sp³-hybridized carbons (Fsp3) is 0. The van der Waals surface area contributed by atoms with Gasteiger partial charge in [-0.15, -0.1) is 0 Å². The Bertz CT molecular complexity index is 2930. The summed E-state index contributed by atoms with van der Waals surface area (Å²) >= 11 is 0. The third-order valence-electron chi connectivity index (χ3n) is 9.39. The fourth-order valence-electron chi connectivity index (χ4n) is 7.26. The van der Waals surface area contributed by atoms with Gasteiger partial charge in [0.15, 0.2) is 0 Å². The van der Waals surface area contributed by atoms with E-state index in [4.69, 9.17) is 8.83 Å². The van der Waals surface area contributed by atoms with Crippen molar-refractivity contribution in [3.8, 4) is 34.0 Å². The maximum absolute atomic E-state index is 9.72. The molecule has 0 saturated carbocycles. The molecule has 10 rings (SSSR count). The van der Waals surface area contributed by atoms with Gasteiger partial charge in [0.25, 0.3) is 0 Å². The molecule has 0 bridgehead atoms. The van der Waals surface area contributed by atoms with E-state index < -0.39 is 0 Å². The smallest absolute Gasteiger partial charge is 0.145 e. The summed E-state index contributed by atoms with van der Waals surface area (Å²) in [4.78, 5) is 0. The molecule has 0 atom stereocenters. The van der Waals surface area contributed by atoms with Crippen LogP contribution >= 0.6 is 0 Å². The van der Waals surface area contributed by atoms with Crippen molar-refractivity contribution in [3.05, 3.63) is 151 Å². The van der Waals surface area contributed by atoms with Crippen LogP contribution in [-0.4, -0.2) is 4.57 Å². The highest BCUT2D eigenvalue weighted by Crippen LogP contribution is 2.42. The molecule has 0 amide bonds. The second-order valence-corrected chi connectivity index (χ2v) is 12.1. The third kappa shape index (κ3) is 3.81. The summed E-state index contributed by atoms with van der Waals surface area (Å²) in [6, 6.07) is 52.6. The van der Waals surface area contributed by atoms with Crippen molar-refractivity contribution in [2.75, 3.05) is 0 Å². The van der Waals surface area contributed by atoms with Crippen LogP contribution in [0.5, 0.6) is 0 Å². The van der Waals surface area contributed by atoms with Gasteiger partial charge in [-0.2, -0.15) is 5.26 Å². The second kappa shape index (κ2) is 9.71. The van der Waals surface area contributed by atoms with Crippen LogP contribution in [0.4, 0.5) is 0 Å². The van der Waals surface area contributed by atoms with Gasteiger partial charge in [0.05, 0.1) is 28.1 Å². The summed E-state index contributed by atoms with van der Waals surface area (Å²) in [6.45, 7) is 0. The third-order valence-corrected chi connectivity index (χ3v) is 9.39. The first-order chi connectivity index (χ1) is 23.2. The molecule has 0 radical (unpaired) electrons. The summed E-state index contributed by atoms with van der Waals surface area (Å²) < 4.78 is 15.0. The molecule has 0 saturated heterocycles. The molecule has 4 nitrogen and oxygen atoms in total. The summed E-state index contributed by atoms with van der Waals surface area (Å²) in [5.41, 5.74) is 11.5. The van der Waals surface area contributed by atoms with E-state index in [1.807, 2.05) is 48.5 Å². The number of aromatic nitrogens is 1. The van der Waals surface area contributed by atoms with Gasteiger partial charge >= 0.3 is 0 Å². The first-order valence-electron chi connectivity index (χ1n) is 15.6. The van der Waals surface area contributed by atoms with Crippen LogP contribution in [0.1, 0.15) is 5.56 Å². The van der Waals surface area contributed by atoms with E-state index in [1.165, 1.54) is 0 Å². The van der Waals surface area contributed by atoms with Gasteiger partial charge in [-0.25, -0.2) is 0 Å². The molecule has 0 aliphatic heterocycles. The fourth-order valence-corrected chi connectivity index (χ4v) is 7.26. The Morgan fingerprint density at radius 1 is 0.447 bits per heavy atom. The lowest BCUT2D eigenvalue weighted by Gasteiger charge is -2.14. The molecule has 218 valence electrons. The number of nitriles is 1. The molecule has 0 aliphatic rings. The zero-order chi connectivity index (χ0) is 31.1. The summed E-state index contributed by atoms with van der Waals surface area (Å²) in [5.74, 6) is 0. The molecule has 0 unspecified atom stereocenters. The van der Waals surface area contributed by atoms with Crippen LogP contribution in [-0.2, 0) is 0 Å². The van der Waals surface area contributed by atoms with E-state index in [0.717, 1.165) is 93.6 Å². The summed E-state index contributed by atoms with van der Waals surface area (Å²) in [7, 11) is 0. The summed E-state index contributed by atoms with van der Waals surface area (Å²) in [6.07, 6.45) is 0. The van der Waals surface area contributed by atoms with Crippen molar-refractivity contribution < 1.29 is 8.83 Å². The lowest BCUT2D eigenvalue weighted by Crippen LogP contribution is -1.96. The minimum atomic E-state index is 0.630. The van der Waals surface area contributed by atoms with Gasteiger partial charge in [-0.3, -0.25) is 0 Å². The standard InChI is InChI=1S/C43H24N2O2/c44-25-26-8-7-9-27(20-26)29-21-30(28-16-19-41-36(24-28)33-11-3-5-14-39(33)46-41)23-31(22-29)45-37-13-4-1-12-35(37)42-38(45)18-17-34-32-10-2-6-15-40(32)47-43(34)42/h1-24H. The minimum Gasteiger partial charge on any atom is -0.456 e. The Morgan fingerprint density at radius 3 is 1.94 bits per heavy atom. The molecule has 3 heterocycles. The molecule has 0 spiro atoms. The number of benzene rings is 7. The number of furan rings is 2. The van der Waals surface area contributed by atoms with E-state index in [-0.39, 0.29) is 0 Å². The molecule has 10 aromatic rings. The van der Waals surface area contributed by atoms with E-state index in [2.05, 4.69) is 108 Å². The van der Waals surface area contributed by atoms with Crippen LogP contribution in [0.25, 0.3) is 93.6 Å². The van der Waals surface area contributed by atoms with Crippen LogP contribution in [0, 0.1) is 11.3 Å². The van der Waals surface area contributed by atoms with E-state index in [0.29, 0.717) is 5.56 Å². The number of fused-ring (bicyclic) bond motifs is 10. The monoisotopic (exact) mass is 600 g/mol. The van der Waals surface area contributed by atoms with Crippen LogP contribution in [0.2, 0.25) is 0 Å². The van der Waals surface area contributed by atoms with Crippen molar-refractivity contribution in [2.24, 2.45) is 0 Å². The Labute approximate surface area is 268 Å². The first-order valence-corrected chi connectivity index (χ1v) is 15.6. The number of rotatable bonds is 3. The molecule has 0 fully saturated rings. The molecule has 47 heavy (non-hydrogen) atoms. The van der Waals surface area contributed by atoms with Crippen molar-refractivity contribution in [1.29, 1.82) is 5.26 Å². The molecular formula is C43H24N2O2. The second-order valence-electron chi connectivity index (χ2n) is 12.1. The SMILES string of the molecule is N#Cc1cccc(-c2cc(-c3ccc4oc5ccccc5c4c3)cc(-n3c4ccccc4c4c5oc6ccccc6c5ccc43)c2)c1. The summed E-state index contributed by atoms with van der Waals surface area (Å²) in [5, 5.41) is 16.4. The van der Waals surface area contributed by atoms with Gasteiger partial charge in [0.2, 0.25) is 0 Å². The number of hydrogen-bond donors (Lipinski definition) is 0. The zero-order valence-electron chi connectivity index (χ0n) is 25.1. The normalized spacial score (nSPS) is 11.8. The average molecular weight is 601 g/mol. The van der Waals surface area contributed by atoms with Gasteiger partial charge in [0.1, 0.15) is 22.3 Å². The largest absolute Gasteiger partial charge is 0.456 e. The molecule has 3 aromatic heterocycles. The predicted molar refractivity (Wildman–Crippen MR) is 191 cm³/mol. The van der Waals surface area contributed by atoms with E-state index in [9.17, 15) is 5.26 Å². The number of hydrogen-bond acceptors (Lipinski definition) is 3. The van der Waals surface area contributed by atoms with Crippen molar-refractivity contribution in [3.63, 3.8) is 0 Å². The Morgan fingerprint density at radius 2 is 1.13 bits per heavy atom. The van der Waals surface area contributed by atoms with Crippen LogP contribution in [0.3, 0.4) is 0 Å². The van der Waals surface area contributed by atoms with Gasteiger partial charge in [0, 0.05) is 32.6 Å². The van der Waals surface area contributed by atoms with Crippen LogP contribution < -0.4 is 0 Å².